The third kappa shape index (κ3) is 7.77. The van der Waals surface area contributed by atoms with Crippen molar-refractivity contribution >= 4 is 26.6 Å². The predicted molar refractivity (Wildman–Crippen MR) is 247 cm³/mol. The molecule has 0 saturated carbocycles. The molecule has 0 heterocycles. The van der Waals surface area contributed by atoms with E-state index in [1.807, 2.05) is 85.7 Å². The fourth-order valence-electron chi connectivity index (χ4n) is 8.65. The third-order valence-electron chi connectivity index (χ3n) is 12.9. The smallest absolute Gasteiger partial charge is 0.426 e. The number of hydrogen-bond donors (Lipinski definition) is 6. The largest absolute Gasteiger partial charge is 0.508 e. The zero-order valence-corrected chi connectivity index (χ0v) is 37.7. The number of aromatic hydroxyl groups is 6. The van der Waals surface area contributed by atoms with E-state index in [0.29, 0.717) is 27.8 Å². The van der Waals surface area contributed by atoms with E-state index in [2.05, 4.69) is 4.98 Å². The summed E-state index contributed by atoms with van der Waals surface area (Å²) in [7, 11) is -4.39. The second-order valence-corrected chi connectivity index (χ2v) is 19.9. The molecule has 0 radical (unpaired) electrons. The Labute approximate surface area is 372 Å². The van der Waals surface area contributed by atoms with Crippen LogP contribution in [0, 0.1) is 5.39 Å². The van der Waals surface area contributed by atoms with Crippen LogP contribution in [0.15, 0.2) is 132 Å². The molecular weight excluding hydrogens is 829 g/mol. The van der Waals surface area contributed by atoms with Gasteiger partial charge < -0.3 is 34.8 Å². The van der Waals surface area contributed by atoms with Crippen LogP contribution in [0.5, 0.6) is 40.2 Å². The van der Waals surface area contributed by atoms with E-state index in [-0.39, 0.29) is 61.6 Å². The summed E-state index contributed by atoms with van der Waals surface area (Å²) in [5, 5.41) is 75.2. The molecule has 7 rings (SSSR count). The fourth-order valence-corrected chi connectivity index (χ4v) is 9.80. The van der Waals surface area contributed by atoms with Gasteiger partial charge in [0.15, 0.2) is 4.98 Å². The monoisotopic (exact) mass is 879 g/mol. The van der Waals surface area contributed by atoms with Crippen molar-refractivity contribution in [3.05, 3.63) is 177 Å². The van der Waals surface area contributed by atoms with Gasteiger partial charge in [0.1, 0.15) is 39.4 Å². The molecule has 0 atom stereocenters. The second-order valence-electron chi connectivity index (χ2n) is 18.3. The van der Waals surface area contributed by atoms with Gasteiger partial charge in [0.25, 0.3) is 0 Å². The number of nitrogens with zero attached hydrogens (tertiary/aromatic N) is 2. The zero-order chi connectivity index (χ0) is 46.7. The molecule has 12 heteroatoms. The molecule has 0 aromatic heterocycles. The van der Waals surface area contributed by atoms with Crippen molar-refractivity contribution in [3.8, 4) is 40.2 Å². The molecule has 7 aromatic rings. The summed E-state index contributed by atoms with van der Waals surface area (Å²) >= 11 is 0. The van der Waals surface area contributed by atoms with Crippen LogP contribution >= 0.6 is 0 Å². The number of phenolic OH excluding ortho intramolecular Hbond substituents is 6. The Hall–Kier alpha value is -7.23. The van der Waals surface area contributed by atoms with Crippen molar-refractivity contribution in [2.24, 2.45) is 0 Å². The van der Waals surface area contributed by atoms with Gasteiger partial charge in [-0.05, 0) is 70.8 Å². The highest BCUT2D eigenvalue weighted by Gasteiger charge is 2.36. The highest BCUT2D eigenvalue weighted by molar-refractivity contribution is 7.87. The maximum atomic E-state index is 13.5. The average Bonchev–Trinajstić information content (AvgIpc) is 3.23. The summed E-state index contributed by atoms with van der Waals surface area (Å²) in [5.41, 5.74) is 2.27. The Kier molecular flexibility index (Phi) is 11.1. The standard InChI is InChI=1S/C52H50N2O9S/c1-49(2,30-15-19-34(55)20-16-30)38-26-40(45(58)28-43(38)56)51(5,6)32-11-9-12-33(25-32)52(7,8)41-27-39(44(57)29-46(41)59)50(3,4)31-17-21-35(22-18-31)63-64(61,62)47-14-10-13-37-36(47)23-24-42(54-53)48(37)60/h9-29H,1-8H3,(H5-,55,56,57,58,59,60)/p+1. The lowest BCUT2D eigenvalue weighted by atomic mass is 9.70. The first-order chi connectivity index (χ1) is 29.9. The van der Waals surface area contributed by atoms with E-state index in [4.69, 9.17) is 4.18 Å². The van der Waals surface area contributed by atoms with Gasteiger partial charge in [0.05, 0.1) is 0 Å². The van der Waals surface area contributed by atoms with E-state index in [1.54, 1.807) is 42.5 Å². The Balaban J connectivity index is 1.19. The first-order valence-electron chi connectivity index (χ1n) is 20.6. The summed E-state index contributed by atoms with van der Waals surface area (Å²) in [6.45, 7) is 15.7. The molecule has 11 nitrogen and oxygen atoms in total. The lowest BCUT2D eigenvalue weighted by Crippen LogP contribution is -2.25. The van der Waals surface area contributed by atoms with Crippen molar-refractivity contribution < 1.29 is 43.2 Å². The van der Waals surface area contributed by atoms with Gasteiger partial charge in [0.2, 0.25) is 11.1 Å². The number of fused-ring (bicyclic) bond motifs is 1. The molecular formula is C52H51N2O9S+. The molecule has 0 bridgehead atoms. The van der Waals surface area contributed by atoms with Gasteiger partial charge >= 0.3 is 15.8 Å². The van der Waals surface area contributed by atoms with Crippen LogP contribution in [0.2, 0.25) is 0 Å². The molecule has 7 aromatic carbocycles. The van der Waals surface area contributed by atoms with Gasteiger partial charge in [0, 0.05) is 72.9 Å². The maximum Gasteiger partial charge on any atom is 0.426 e. The van der Waals surface area contributed by atoms with E-state index in [0.717, 1.165) is 16.7 Å². The molecule has 0 amide bonds. The van der Waals surface area contributed by atoms with Crippen molar-refractivity contribution in [2.45, 2.75) is 81.9 Å². The molecule has 64 heavy (non-hydrogen) atoms. The van der Waals surface area contributed by atoms with Crippen molar-refractivity contribution in [3.63, 3.8) is 0 Å². The van der Waals surface area contributed by atoms with Crippen LogP contribution in [0.4, 0.5) is 5.69 Å². The topological polar surface area (TPSA) is 193 Å². The SMILES string of the molecule is CC(C)(c1ccc(O)cc1)c1cc(C(C)(C)c2cccc(C(C)(C)c3cc(C(C)(C)c4ccc(OS(=O)(=O)c5cccc6c(O)c([N+]#N)ccc56)cc4)c(O)cc3O)c2)c(O)cc1O. The van der Waals surface area contributed by atoms with Crippen LogP contribution < -0.4 is 4.18 Å². The molecule has 6 N–H and O–H groups in total. The third-order valence-corrected chi connectivity index (χ3v) is 14.3. The molecule has 0 unspecified atom stereocenters. The van der Waals surface area contributed by atoms with Crippen molar-refractivity contribution in [1.82, 2.24) is 0 Å². The number of benzene rings is 7. The minimum atomic E-state index is -4.39. The van der Waals surface area contributed by atoms with Gasteiger partial charge in [-0.2, -0.15) is 8.42 Å². The number of hydrogen-bond acceptors (Lipinski definition) is 10. The highest BCUT2D eigenvalue weighted by Crippen LogP contribution is 2.48. The second kappa shape index (κ2) is 15.8. The first kappa shape index (κ1) is 44.8. The number of diazo groups is 1. The van der Waals surface area contributed by atoms with Crippen LogP contribution in [-0.4, -0.2) is 39.1 Å². The van der Waals surface area contributed by atoms with Gasteiger partial charge in [-0.3, -0.25) is 0 Å². The average molecular weight is 880 g/mol. The first-order valence-corrected chi connectivity index (χ1v) is 22.0. The lowest BCUT2D eigenvalue weighted by Gasteiger charge is -2.34. The Bertz CT molecular complexity index is 3110. The maximum absolute atomic E-state index is 13.5. The van der Waals surface area contributed by atoms with Crippen LogP contribution in [0.25, 0.3) is 15.7 Å². The van der Waals surface area contributed by atoms with E-state index in [9.17, 15) is 44.4 Å². The quantitative estimate of drug-likeness (QED) is 0.0538. The molecule has 0 aliphatic carbocycles. The van der Waals surface area contributed by atoms with E-state index in [1.165, 1.54) is 54.6 Å². The lowest BCUT2D eigenvalue weighted by molar-refractivity contribution is 0.424. The van der Waals surface area contributed by atoms with Crippen LogP contribution in [0.1, 0.15) is 99.9 Å². The summed E-state index contributed by atoms with van der Waals surface area (Å²) in [5.74, 6) is -0.582. The molecule has 0 saturated heterocycles. The van der Waals surface area contributed by atoms with Crippen molar-refractivity contribution in [1.29, 1.82) is 5.39 Å². The summed E-state index contributed by atoms with van der Waals surface area (Å²) in [6.07, 6.45) is 0. The van der Waals surface area contributed by atoms with Crippen LogP contribution in [-0.2, 0) is 31.8 Å². The van der Waals surface area contributed by atoms with Crippen LogP contribution in [0.3, 0.4) is 0 Å². The molecule has 328 valence electrons. The Morgan fingerprint density at radius 3 is 1.34 bits per heavy atom. The van der Waals surface area contributed by atoms with E-state index < -0.39 is 31.8 Å². The summed E-state index contributed by atoms with van der Waals surface area (Å²) in [6, 6.07) is 34.5. The predicted octanol–water partition coefficient (Wildman–Crippen LogP) is 11.6. The number of phenols is 6. The molecule has 0 fully saturated rings. The Morgan fingerprint density at radius 1 is 0.469 bits per heavy atom. The zero-order valence-electron chi connectivity index (χ0n) is 36.8. The van der Waals surface area contributed by atoms with Crippen molar-refractivity contribution in [2.75, 3.05) is 0 Å². The normalized spacial score (nSPS) is 12.5. The molecule has 0 aliphatic heterocycles. The van der Waals surface area contributed by atoms with Gasteiger partial charge in [-0.15, -0.1) is 0 Å². The minimum Gasteiger partial charge on any atom is -0.508 e. The van der Waals surface area contributed by atoms with Gasteiger partial charge in [-0.1, -0.05) is 116 Å². The Morgan fingerprint density at radius 2 is 0.891 bits per heavy atom. The van der Waals surface area contributed by atoms with Gasteiger partial charge in [-0.25, -0.2) is 0 Å². The minimum absolute atomic E-state index is 0.0280. The molecule has 0 spiro atoms. The summed E-state index contributed by atoms with van der Waals surface area (Å²) in [4.78, 5) is 2.85. The summed E-state index contributed by atoms with van der Waals surface area (Å²) < 4.78 is 32.6. The highest BCUT2D eigenvalue weighted by atomic mass is 32.2. The molecule has 0 aliphatic rings. The van der Waals surface area contributed by atoms with E-state index >= 15 is 0 Å². The number of rotatable bonds is 11. The fraction of sp³-hybridized carbons (Fsp3) is 0.231.